The van der Waals surface area contributed by atoms with Crippen LogP contribution in [0.3, 0.4) is 0 Å². The molecule has 10 nitrogen and oxygen atoms in total. The topological polar surface area (TPSA) is 123 Å². The lowest BCUT2D eigenvalue weighted by Gasteiger charge is -2.31. The van der Waals surface area contributed by atoms with Crippen LogP contribution in [0.1, 0.15) is 28.9 Å². The molecule has 1 aromatic heterocycles. The summed E-state index contributed by atoms with van der Waals surface area (Å²) in [6.07, 6.45) is -0.761. The number of hydrogen-bond donors (Lipinski definition) is 3. The van der Waals surface area contributed by atoms with Crippen LogP contribution < -0.4 is 9.99 Å². The number of nitrogens with zero attached hydrogens (tertiary/aromatic N) is 1. The fourth-order valence-electron chi connectivity index (χ4n) is 4.27. The van der Waals surface area contributed by atoms with Crippen molar-refractivity contribution in [1.82, 2.24) is 5.32 Å². The van der Waals surface area contributed by atoms with Gasteiger partial charge in [0.2, 0.25) is 0 Å². The van der Waals surface area contributed by atoms with Gasteiger partial charge in [0, 0.05) is 36.7 Å². The lowest BCUT2D eigenvalue weighted by atomic mass is 10.0. The van der Waals surface area contributed by atoms with Gasteiger partial charge < -0.3 is 38.2 Å². The highest BCUT2D eigenvalue weighted by molar-refractivity contribution is 7.53. The summed E-state index contributed by atoms with van der Waals surface area (Å²) in [6.45, 7) is 4.18. The standard InChI is InChI=1S/C24H29FN2O8P2/c1-14-18-9-19-21(35-23(22(19)24(28)26-2)15-5-7-16(25)8-6-15)10-20(18)27(36(4)31-3)11-17(34-14)12-32-13-33-37(29)30/h5-10,14,17,29-30H,11-13H2,1-4H3,(H,26,28). The minimum absolute atomic E-state index is 0.152. The summed E-state index contributed by atoms with van der Waals surface area (Å²) in [5, 5.41) is 3.27. The molecule has 0 fully saturated rings. The van der Waals surface area contributed by atoms with E-state index in [1.54, 1.807) is 26.3 Å². The average Bonchev–Trinajstić information content (AvgIpc) is 3.19. The lowest BCUT2D eigenvalue weighted by Crippen LogP contribution is -2.32. The number of rotatable bonds is 9. The number of nitrogens with one attached hydrogen (secondary N) is 1. The van der Waals surface area contributed by atoms with E-state index in [0.29, 0.717) is 34.4 Å². The number of furan rings is 1. The smallest absolute Gasteiger partial charge is 0.329 e. The number of carbonyl (C=O) groups is 1. The van der Waals surface area contributed by atoms with Gasteiger partial charge in [-0.05, 0) is 43.9 Å². The summed E-state index contributed by atoms with van der Waals surface area (Å²) in [7, 11) is -0.395. The number of carbonyl (C=O) groups excluding carboxylic acids is 1. The Morgan fingerprint density at radius 1 is 1.27 bits per heavy atom. The van der Waals surface area contributed by atoms with Gasteiger partial charge in [-0.2, -0.15) is 0 Å². The predicted molar refractivity (Wildman–Crippen MR) is 139 cm³/mol. The summed E-state index contributed by atoms with van der Waals surface area (Å²) in [5.41, 5.74) is 3.10. The van der Waals surface area contributed by atoms with Gasteiger partial charge in [0.25, 0.3) is 5.91 Å². The van der Waals surface area contributed by atoms with Crippen LogP contribution in [-0.2, 0) is 18.5 Å². The number of amides is 1. The van der Waals surface area contributed by atoms with Crippen molar-refractivity contribution in [1.29, 1.82) is 0 Å². The minimum atomic E-state index is -2.50. The molecule has 3 N–H and O–H groups in total. The number of anilines is 1. The van der Waals surface area contributed by atoms with Gasteiger partial charge in [0.1, 0.15) is 25.5 Å². The van der Waals surface area contributed by atoms with Crippen molar-refractivity contribution in [2.75, 3.05) is 45.4 Å². The van der Waals surface area contributed by atoms with Crippen LogP contribution in [0.5, 0.6) is 0 Å². The predicted octanol–water partition coefficient (Wildman–Crippen LogP) is 4.66. The van der Waals surface area contributed by atoms with Gasteiger partial charge in [-0.3, -0.25) is 9.32 Å². The zero-order valence-electron chi connectivity index (χ0n) is 20.8. The molecule has 3 aromatic rings. The van der Waals surface area contributed by atoms with Crippen LogP contribution in [0.15, 0.2) is 40.8 Å². The Hall–Kier alpha value is -2.20. The molecule has 0 saturated heterocycles. The SMILES string of the molecule is CNC(=O)c1c(-c2ccc(F)cc2)oc2cc3c(cc12)C(C)OC(COCOP(O)O)CN3P(C)OC. The molecule has 1 aliphatic heterocycles. The molecule has 0 saturated carbocycles. The van der Waals surface area contributed by atoms with E-state index in [0.717, 1.165) is 11.3 Å². The van der Waals surface area contributed by atoms with Crippen LogP contribution in [-0.4, -0.2) is 62.6 Å². The fraction of sp³-hybridized carbons (Fsp3) is 0.375. The number of hydrogen-bond acceptors (Lipinski definition) is 9. The molecule has 0 spiro atoms. The first kappa shape index (κ1) is 27.8. The molecule has 0 aliphatic carbocycles. The van der Waals surface area contributed by atoms with Gasteiger partial charge in [-0.25, -0.2) is 4.39 Å². The summed E-state index contributed by atoms with van der Waals surface area (Å²) in [5.74, 6) is -0.367. The van der Waals surface area contributed by atoms with Crippen molar-refractivity contribution in [2.45, 2.75) is 19.1 Å². The number of halogens is 1. The van der Waals surface area contributed by atoms with Crippen molar-refractivity contribution < 1.29 is 41.9 Å². The van der Waals surface area contributed by atoms with Crippen LogP contribution >= 0.6 is 16.9 Å². The second-order valence-electron chi connectivity index (χ2n) is 8.30. The Bertz CT molecular complexity index is 1240. The molecule has 3 atom stereocenters. The van der Waals surface area contributed by atoms with Gasteiger partial charge in [0.05, 0.1) is 36.6 Å². The maximum atomic E-state index is 13.6. The van der Waals surface area contributed by atoms with Gasteiger partial charge in [-0.1, -0.05) is 0 Å². The van der Waals surface area contributed by atoms with Gasteiger partial charge in [-0.15, -0.1) is 0 Å². The van der Waals surface area contributed by atoms with E-state index in [1.165, 1.54) is 12.1 Å². The highest BCUT2D eigenvalue weighted by Gasteiger charge is 2.32. The summed E-state index contributed by atoms with van der Waals surface area (Å²) < 4.78 is 44.0. The summed E-state index contributed by atoms with van der Waals surface area (Å²) in [6, 6.07) is 9.55. The molecule has 0 radical (unpaired) electrons. The summed E-state index contributed by atoms with van der Waals surface area (Å²) in [4.78, 5) is 30.8. The highest BCUT2D eigenvalue weighted by Crippen LogP contribution is 2.48. The van der Waals surface area contributed by atoms with Crippen LogP contribution in [0.4, 0.5) is 10.1 Å². The van der Waals surface area contributed by atoms with Crippen LogP contribution in [0.2, 0.25) is 0 Å². The molecule has 3 unspecified atom stereocenters. The Labute approximate surface area is 216 Å². The molecule has 0 bridgehead atoms. The number of benzene rings is 2. The van der Waals surface area contributed by atoms with Crippen molar-refractivity contribution in [3.63, 3.8) is 0 Å². The monoisotopic (exact) mass is 554 g/mol. The summed E-state index contributed by atoms with van der Waals surface area (Å²) >= 11 is 0. The Morgan fingerprint density at radius 3 is 2.65 bits per heavy atom. The molecule has 13 heteroatoms. The normalized spacial score (nSPS) is 18.6. The van der Waals surface area contributed by atoms with E-state index in [9.17, 15) is 9.18 Å². The molecule has 1 aliphatic rings. The van der Waals surface area contributed by atoms with Crippen LogP contribution in [0.25, 0.3) is 22.3 Å². The third-order valence-electron chi connectivity index (χ3n) is 6.05. The third-order valence-corrected chi connectivity index (χ3v) is 7.97. The first-order valence-electron chi connectivity index (χ1n) is 11.4. The highest BCUT2D eigenvalue weighted by atomic mass is 31.2. The van der Waals surface area contributed by atoms with Gasteiger partial charge >= 0.3 is 8.60 Å². The first-order chi connectivity index (χ1) is 17.7. The molecular weight excluding hydrogens is 525 g/mol. The van der Waals surface area contributed by atoms with Crippen molar-refractivity contribution >= 4 is 39.5 Å². The molecule has 1 amide bonds. The van der Waals surface area contributed by atoms with E-state index >= 15 is 0 Å². The van der Waals surface area contributed by atoms with Crippen LogP contribution in [0, 0.1) is 5.82 Å². The second-order valence-corrected chi connectivity index (χ2v) is 10.8. The van der Waals surface area contributed by atoms with E-state index in [-0.39, 0.29) is 37.3 Å². The molecular formula is C24H29FN2O8P2. The molecule has 200 valence electrons. The van der Waals surface area contributed by atoms with E-state index in [2.05, 4.69) is 14.5 Å². The van der Waals surface area contributed by atoms with E-state index in [1.807, 2.05) is 25.7 Å². The maximum Gasteiger partial charge on any atom is 0.329 e. The lowest BCUT2D eigenvalue weighted by molar-refractivity contribution is -0.0741. The Balaban J connectivity index is 1.78. The Kier molecular flexibility index (Phi) is 9.11. The number of ether oxygens (including phenoxy) is 2. The fourth-order valence-corrected chi connectivity index (χ4v) is 5.53. The maximum absolute atomic E-state index is 13.6. The second kappa shape index (κ2) is 12.1. The molecule has 37 heavy (non-hydrogen) atoms. The number of fused-ring (bicyclic) bond motifs is 2. The average molecular weight is 554 g/mol. The molecule has 4 rings (SSSR count). The van der Waals surface area contributed by atoms with Gasteiger partial charge in [0.15, 0.2) is 6.79 Å². The zero-order valence-corrected chi connectivity index (χ0v) is 22.6. The van der Waals surface area contributed by atoms with Crippen molar-refractivity contribution in [3.8, 4) is 11.3 Å². The largest absolute Gasteiger partial charge is 0.455 e. The van der Waals surface area contributed by atoms with Crippen molar-refractivity contribution in [2.24, 2.45) is 0 Å². The quantitative estimate of drug-likeness (QED) is 0.197. The zero-order chi connectivity index (χ0) is 26.7. The van der Waals surface area contributed by atoms with E-state index < -0.39 is 16.9 Å². The first-order valence-corrected chi connectivity index (χ1v) is 14.2. The van der Waals surface area contributed by atoms with Crippen molar-refractivity contribution in [3.05, 3.63) is 53.3 Å². The van der Waals surface area contributed by atoms with E-state index in [4.69, 9.17) is 28.2 Å². The minimum Gasteiger partial charge on any atom is -0.455 e. The Morgan fingerprint density at radius 2 is 2.00 bits per heavy atom. The molecule has 2 heterocycles. The third kappa shape index (κ3) is 6.11. The molecule has 2 aromatic carbocycles.